The Morgan fingerprint density at radius 2 is 2.18 bits per heavy atom. The summed E-state index contributed by atoms with van der Waals surface area (Å²) in [5.74, 6) is 0.197. The molecule has 0 aliphatic carbocycles. The SMILES string of the molecule is CC(O)CC1CCCN1C(=O)CCCc1ccc(Cl)c(Cl)c1. The molecule has 0 radical (unpaired) electrons. The molecule has 1 amide bonds. The van der Waals surface area contributed by atoms with Crippen molar-refractivity contribution in [2.45, 2.75) is 57.6 Å². The lowest BCUT2D eigenvalue weighted by Crippen LogP contribution is -2.37. The molecular weight excluding hydrogens is 321 g/mol. The van der Waals surface area contributed by atoms with Crippen LogP contribution in [0.1, 0.15) is 44.6 Å². The molecule has 122 valence electrons. The lowest BCUT2D eigenvalue weighted by Gasteiger charge is -2.25. The number of aliphatic hydroxyl groups excluding tert-OH is 1. The minimum Gasteiger partial charge on any atom is -0.393 e. The molecule has 3 nitrogen and oxygen atoms in total. The van der Waals surface area contributed by atoms with Gasteiger partial charge in [0.1, 0.15) is 0 Å². The van der Waals surface area contributed by atoms with Crippen LogP contribution in [0.5, 0.6) is 0 Å². The van der Waals surface area contributed by atoms with Gasteiger partial charge in [0.25, 0.3) is 0 Å². The van der Waals surface area contributed by atoms with E-state index < -0.39 is 0 Å². The molecule has 22 heavy (non-hydrogen) atoms. The number of likely N-dealkylation sites (tertiary alicyclic amines) is 1. The maximum Gasteiger partial charge on any atom is 0.222 e. The smallest absolute Gasteiger partial charge is 0.222 e. The third kappa shape index (κ3) is 4.87. The topological polar surface area (TPSA) is 40.5 Å². The van der Waals surface area contributed by atoms with E-state index >= 15 is 0 Å². The lowest BCUT2D eigenvalue weighted by atomic mass is 10.1. The van der Waals surface area contributed by atoms with Gasteiger partial charge in [-0.3, -0.25) is 4.79 Å². The minimum absolute atomic E-state index is 0.197. The van der Waals surface area contributed by atoms with Gasteiger partial charge in [0.15, 0.2) is 0 Å². The van der Waals surface area contributed by atoms with E-state index in [1.54, 1.807) is 13.0 Å². The highest BCUT2D eigenvalue weighted by Crippen LogP contribution is 2.25. The van der Waals surface area contributed by atoms with Crippen LogP contribution >= 0.6 is 23.2 Å². The van der Waals surface area contributed by atoms with Gasteiger partial charge in [0.2, 0.25) is 5.91 Å². The van der Waals surface area contributed by atoms with Crippen LogP contribution in [0, 0.1) is 0 Å². The van der Waals surface area contributed by atoms with E-state index in [1.165, 1.54) is 0 Å². The van der Waals surface area contributed by atoms with Gasteiger partial charge in [0.05, 0.1) is 16.1 Å². The normalized spacial score (nSPS) is 19.5. The Kier molecular flexibility index (Phi) is 6.54. The summed E-state index contributed by atoms with van der Waals surface area (Å²) in [5, 5.41) is 10.6. The van der Waals surface area contributed by atoms with E-state index in [9.17, 15) is 9.90 Å². The van der Waals surface area contributed by atoms with Gasteiger partial charge >= 0.3 is 0 Å². The number of carbonyl (C=O) groups excluding carboxylic acids is 1. The van der Waals surface area contributed by atoms with Crippen LogP contribution in [0.4, 0.5) is 0 Å². The molecule has 1 aromatic rings. The molecule has 0 bridgehead atoms. The molecule has 0 saturated carbocycles. The van der Waals surface area contributed by atoms with Crippen molar-refractivity contribution < 1.29 is 9.90 Å². The molecule has 1 aliphatic heterocycles. The van der Waals surface area contributed by atoms with Crippen molar-refractivity contribution in [2.75, 3.05) is 6.54 Å². The molecule has 1 heterocycles. The van der Waals surface area contributed by atoms with Crippen molar-refractivity contribution in [1.29, 1.82) is 0 Å². The molecule has 1 fully saturated rings. The Hall–Kier alpha value is -0.770. The third-order valence-electron chi connectivity index (χ3n) is 4.15. The van der Waals surface area contributed by atoms with Crippen LogP contribution < -0.4 is 0 Å². The molecule has 2 atom stereocenters. The molecular formula is C17H23Cl2NO2. The van der Waals surface area contributed by atoms with Gasteiger partial charge in [-0.25, -0.2) is 0 Å². The number of nitrogens with zero attached hydrogens (tertiary/aromatic N) is 1. The lowest BCUT2D eigenvalue weighted by molar-refractivity contribution is -0.132. The second-order valence-corrected chi connectivity index (χ2v) is 6.88. The molecule has 1 aliphatic rings. The van der Waals surface area contributed by atoms with Gasteiger partial charge in [-0.2, -0.15) is 0 Å². The summed E-state index contributed by atoms with van der Waals surface area (Å²) in [4.78, 5) is 14.3. The number of hydrogen-bond donors (Lipinski definition) is 1. The molecule has 1 saturated heterocycles. The third-order valence-corrected chi connectivity index (χ3v) is 4.89. The first kappa shape index (κ1) is 17.6. The summed E-state index contributed by atoms with van der Waals surface area (Å²) < 4.78 is 0. The first-order valence-corrected chi connectivity index (χ1v) is 8.64. The molecule has 0 aromatic heterocycles. The maximum atomic E-state index is 12.3. The van der Waals surface area contributed by atoms with Crippen LogP contribution in [0.2, 0.25) is 10.0 Å². The molecule has 0 spiro atoms. The number of hydrogen-bond acceptors (Lipinski definition) is 2. The Morgan fingerprint density at radius 1 is 1.41 bits per heavy atom. The predicted octanol–water partition coefficient (Wildman–Crippen LogP) is 4.08. The van der Waals surface area contributed by atoms with Gasteiger partial charge in [0, 0.05) is 19.0 Å². The summed E-state index contributed by atoms with van der Waals surface area (Å²) in [6.07, 6.45) is 4.52. The Labute approximate surface area is 142 Å². The molecule has 1 aromatic carbocycles. The summed E-state index contributed by atoms with van der Waals surface area (Å²) in [6, 6.07) is 5.81. The zero-order chi connectivity index (χ0) is 16.1. The van der Waals surface area contributed by atoms with Crippen molar-refractivity contribution in [3.8, 4) is 0 Å². The summed E-state index contributed by atoms with van der Waals surface area (Å²) in [7, 11) is 0. The van der Waals surface area contributed by atoms with E-state index in [-0.39, 0.29) is 18.1 Å². The maximum absolute atomic E-state index is 12.3. The molecule has 5 heteroatoms. The number of halogens is 2. The number of rotatable bonds is 6. The summed E-state index contributed by atoms with van der Waals surface area (Å²) >= 11 is 11.9. The largest absolute Gasteiger partial charge is 0.393 e. The van der Waals surface area contributed by atoms with Gasteiger partial charge < -0.3 is 10.0 Å². The van der Waals surface area contributed by atoms with Crippen LogP contribution in [-0.4, -0.2) is 34.6 Å². The fourth-order valence-corrected chi connectivity index (χ4v) is 3.41. The Bertz CT molecular complexity index is 519. The average molecular weight is 344 g/mol. The van der Waals surface area contributed by atoms with E-state index in [0.717, 1.165) is 37.8 Å². The van der Waals surface area contributed by atoms with Crippen molar-refractivity contribution in [1.82, 2.24) is 4.90 Å². The summed E-state index contributed by atoms with van der Waals surface area (Å²) in [6.45, 7) is 2.61. The van der Waals surface area contributed by atoms with Gasteiger partial charge in [-0.05, 0) is 56.7 Å². The number of aliphatic hydroxyl groups is 1. The van der Waals surface area contributed by atoms with Crippen LogP contribution in [-0.2, 0) is 11.2 Å². The van der Waals surface area contributed by atoms with Crippen LogP contribution in [0.25, 0.3) is 0 Å². The first-order chi connectivity index (χ1) is 10.5. The molecule has 2 unspecified atom stereocenters. The fourth-order valence-electron chi connectivity index (χ4n) is 3.09. The van der Waals surface area contributed by atoms with E-state index in [1.807, 2.05) is 17.0 Å². The minimum atomic E-state index is -0.352. The van der Waals surface area contributed by atoms with Crippen molar-refractivity contribution in [2.24, 2.45) is 0 Å². The number of benzene rings is 1. The van der Waals surface area contributed by atoms with E-state index in [0.29, 0.717) is 22.9 Å². The standard InChI is InChI=1S/C17H23Cl2NO2/c1-12(21)10-14-5-3-9-20(14)17(22)6-2-4-13-7-8-15(18)16(19)11-13/h7-8,11-12,14,21H,2-6,9-10H2,1H3. The van der Waals surface area contributed by atoms with E-state index in [2.05, 4.69) is 0 Å². The number of carbonyl (C=O) groups is 1. The summed E-state index contributed by atoms with van der Waals surface area (Å²) in [5.41, 5.74) is 1.10. The second kappa shape index (κ2) is 8.19. The monoisotopic (exact) mass is 343 g/mol. The highest BCUT2D eigenvalue weighted by Gasteiger charge is 2.28. The van der Waals surface area contributed by atoms with Crippen LogP contribution in [0.3, 0.4) is 0 Å². The number of amides is 1. The second-order valence-electron chi connectivity index (χ2n) is 6.07. The average Bonchev–Trinajstić information content (AvgIpc) is 2.90. The van der Waals surface area contributed by atoms with Crippen molar-refractivity contribution in [3.05, 3.63) is 33.8 Å². The zero-order valence-corrected chi connectivity index (χ0v) is 14.4. The highest BCUT2D eigenvalue weighted by molar-refractivity contribution is 6.42. The number of aryl methyl sites for hydroxylation is 1. The predicted molar refractivity (Wildman–Crippen MR) is 90.4 cm³/mol. The van der Waals surface area contributed by atoms with Crippen molar-refractivity contribution in [3.63, 3.8) is 0 Å². The van der Waals surface area contributed by atoms with Gasteiger partial charge in [-0.1, -0.05) is 29.3 Å². The van der Waals surface area contributed by atoms with Gasteiger partial charge in [-0.15, -0.1) is 0 Å². The molecule has 1 N–H and O–H groups in total. The van der Waals surface area contributed by atoms with Crippen LogP contribution in [0.15, 0.2) is 18.2 Å². The zero-order valence-electron chi connectivity index (χ0n) is 12.9. The quantitative estimate of drug-likeness (QED) is 0.845. The van der Waals surface area contributed by atoms with E-state index in [4.69, 9.17) is 23.2 Å². The Balaban J connectivity index is 1.80. The Morgan fingerprint density at radius 3 is 2.86 bits per heavy atom. The first-order valence-electron chi connectivity index (χ1n) is 7.89. The fraction of sp³-hybridized carbons (Fsp3) is 0.588. The highest BCUT2D eigenvalue weighted by atomic mass is 35.5. The molecule has 2 rings (SSSR count). The van der Waals surface area contributed by atoms with Crippen molar-refractivity contribution >= 4 is 29.1 Å².